The molecule has 0 aliphatic rings. The average molecular weight is 333 g/mol. The molecule has 0 aliphatic carbocycles. The van der Waals surface area contributed by atoms with E-state index in [-0.39, 0.29) is 24.0 Å². The first-order valence-corrected chi connectivity index (χ1v) is 7.39. The van der Waals surface area contributed by atoms with Gasteiger partial charge in [0.15, 0.2) is 0 Å². The molecule has 0 aliphatic heterocycles. The van der Waals surface area contributed by atoms with Crippen LogP contribution in [-0.2, 0) is 11.8 Å². The predicted molar refractivity (Wildman–Crippen MR) is 79.6 cm³/mol. The van der Waals surface area contributed by atoms with E-state index in [0.29, 0.717) is 5.56 Å². The van der Waals surface area contributed by atoms with Gasteiger partial charge in [0.25, 0.3) is 0 Å². The fourth-order valence-corrected chi connectivity index (χ4v) is 3.08. The molecule has 5 heteroatoms. The maximum atomic E-state index is 13.3. The summed E-state index contributed by atoms with van der Waals surface area (Å²) < 4.78 is 39.7. The Morgan fingerprint density at radius 1 is 0.762 bits per heavy atom. The van der Waals surface area contributed by atoms with Gasteiger partial charge < -0.3 is 0 Å². The van der Waals surface area contributed by atoms with Crippen LogP contribution in [0.25, 0.3) is 0 Å². The minimum absolute atomic E-state index is 0.153. The molecule has 0 amide bonds. The Bertz CT molecular complexity index is 587. The van der Waals surface area contributed by atoms with Crippen LogP contribution in [0.2, 0.25) is 0 Å². The monoisotopic (exact) mass is 332 g/mol. The lowest BCUT2D eigenvalue weighted by molar-refractivity contribution is 0.523. The number of hydrogen-bond donors (Lipinski definition) is 0. The highest BCUT2D eigenvalue weighted by atomic mass is 35.5. The van der Waals surface area contributed by atoms with Crippen LogP contribution >= 0.6 is 23.2 Å². The third-order valence-corrected chi connectivity index (χ3v) is 4.46. The van der Waals surface area contributed by atoms with Crippen molar-refractivity contribution >= 4 is 23.2 Å². The Morgan fingerprint density at radius 2 is 1.29 bits per heavy atom. The van der Waals surface area contributed by atoms with Crippen molar-refractivity contribution < 1.29 is 13.2 Å². The lowest BCUT2D eigenvalue weighted by Crippen LogP contribution is -2.33. The van der Waals surface area contributed by atoms with E-state index in [0.717, 1.165) is 11.6 Å². The van der Waals surface area contributed by atoms with Gasteiger partial charge in [0, 0.05) is 23.2 Å². The minimum Gasteiger partial charge on any atom is -0.207 e. The highest BCUT2D eigenvalue weighted by Gasteiger charge is 2.31. The van der Waals surface area contributed by atoms with E-state index in [1.165, 1.54) is 24.3 Å². The van der Waals surface area contributed by atoms with E-state index >= 15 is 0 Å². The lowest BCUT2D eigenvalue weighted by Gasteiger charge is -2.30. The number of halogens is 5. The zero-order valence-corrected chi connectivity index (χ0v) is 12.6. The van der Waals surface area contributed by atoms with Gasteiger partial charge in [0.1, 0.15) is 17.5 Å². The predicted octanol–water partition coefficient (Wildman–Crippen LogP) is 5.06. The van der Waals surface area contributed by atoms with E-state index in [4.69, 9.17) is 23.2 Å². The first-order valence-electron chi connectivity index (χ1n) is 6.32. The molecule has 0 saturated heterocycles. The summed E-state index contributed by atoms with van der Waals surface area (Å²) in [6, 6.07) is 9.13. The van der Waals surface area contributed by atoms with Crippen molar-refractivity contribution in [1.82, 2.24) is 0 Å². The van der Waals surface area contributed by atoms with Crippen molar-refractivity contribution in [2.75, 3.05) is 11.8 Å². The summed E-state index contributed by atoms with van der Waals surface area (Å²) in [5.41, 5.74) is 0.480. The minimum atomic E-state index is -0.711. The van der Waals surface area contributed by atoms with Crippen LogP contribution in [0.1, 0.15) is 11.1 Å². The SMILES string of the molecule is Fc1ccc(C(CCl)(CCl)Cc2cc(F)cc(F)c2)cc1. The zero-order chi connectivity index (χ0) is 15.5. The molecule has 0 bridgehead atoms. The summed E-state index contributed by atoms with van der Waals surface area (Å²) in [7, 11) is 0. The molecule has 0 aromatic heterocycles. The van der Waals surface area contributed by atoms with Crippen LogP contribution in [-0.4, -0.2) is 11.8 Å². The Kier molecular flexibility index (Phi) is 5.17. The second kappa shape index (κ2) is 6.71. The molecular weight excluding hydrogens is 320 g/mol. The van der Waals surface area contributed by atoms with Crippen molar-refractivity contribution in [2.45, 2.75) is 11.8 Å². The van der Waals surface area contributed by atoms with Crippen molar-refractivity contribution in [3.8, 4) is 0 Å². The molecule has 2 aromatic rings. The molecule has 0 fully saturated rings. The second-order valence-electron chi connectivity index (χ2n) is 5.01. The van der Waals surface area contributed by atoms with E-state index in [9.17, 15) is 13.2 Å². The molecule has 2 rings (SSSR count). The quantitative estimate of drug-likeness (QED) is 0.671. The Morgan fingerprint density at radius 3 is 1.76 bits per heavy atom. The third kappa shape index (κ3) is 3.72. The van der Waals surface area contributed by atoms with Crippen LogP contribution in [0.15, 0.2) is 42.5 Å². The second-order valence-corrected chi connectivity index (χ2v) is 5.54. The average Bonchev–Trinajstić information content (AvgIpc) is 2.45. The molecule has 2 aromatic carbocycles. The fourth-order valence-electron chi connectivity index (χ4n) is 2.29. The summed E-state index contributed by atoms with van der Waals surface area (Å²) in [4.78, 5) is 0. The van der Waals surface area contributed by atoms with Gasteiger partial charge in [-0.25, -0.2) is 13.2 Å². The molecule has 0 atom stereocenters. The van der Waals surface area contributed by atoms with E-state index in [1.807, 2.05) is 0 Å². The fraction of sp³-hybridized carbons (Fsp3) is 0.250. The summed E-state index contributed by atoms with van der Waals surface area (Å²) >= 11 is 12.1. The van der Waals surface area contributed by atoms with Gasteiger partial charge in [-0.05, 0) is 41.8 Å². The summed E-state index contributed by atoms with van der Waals surface area (Å²) in [5.74, 6) is -1.36. The standard InChI is InChI=1S/C16H13Cl2F3/c17-9-16(10-18,12-1-3-13(19)4-2-12)8-11-5-14(20)7-15(21)6-11/h1-7H,8-10H2. The first kappa shape index (κ1) is 16.2. The van der Waals surface area contributed by atoms with Crippen molar-refractivity contribution in [2.24, 2.45) is 0 Å². The normalized spacial score (nSPS) is 11.7. The van der Waals surface area contributed by atoms with Gasteiger partial charge >= 0.3 is 0 Å². The highest BCUT2D eigenvalue weighted by Crippen LogP contribution is 2.32. The summed E-state index contributed by atoms with van der Waals surface area (Å²) in [6.07, 6.45) is 0.264. The van der Waals surface area contributed by atoms with Crippen LogP contribution in [0, 0.1) is 17.5 Å². The van der Waals surface area contributed by atoms with Crippen LogP contribution in [0.4, 0.5) is 13.2 Å². The van der Waals surface area contributed by atoms with Crippen molar-refractivity contribution in [3.05, 3.63) is 71.0 Å². The molecule has 0 radical (unpaired) electrons. The maximum Gasteiger partial charge on any atom is 0.126 e. The zero-order valence-electron chi connectivity index (χ0n) is 11.1. The van der Waals surface area contributed by atoms with Crippen molar-refractivity contribution in [3.63, 3.8) is 0 Å². The van der Waals surface area contributed by atoms with Gasteiger partial charge in [-0.15, -0.1) is 23.2 Å². The highest BCUT2D eigenvalue weighted by molar-refractivity contribution is 6.22. The Balaban J connectivity index is 2.40. The number of benzene rings is 2. The van der Waals surface area contributed by atoms with Crippen LogP contribution in [0.5, 0.6) is 0 Å². The van der Waals surface area contributed by atoms with Gasteiger partial charge in [-0.3, -0.25) is 0 Å². The van der Waals surface area contributed by atoms with Crippen LogP contribution in [0.3, 0.4) is 0 Å². The van der Waals surface area contributed by atoms with E-state index < -0.39 is 17.0 Å². The molecular formula is C16H13Cl2F3. The lowest BCUT2D eigenvalue weighted by atomic mass is 9.78. The van der Waals surface area contributed by atoms with E-state index in [2.05, 4.69) is 0 Å². The summed E-state index contributed by atoms with van der Waals surface area (Å²) in [6.45, 7) is 0. The van der Waals surface area contributed by atoms with Gasteiger partial charge in [0.2, 0.25) is 0 Å². The smallest absolute Gasteiger partial charge is 0.126 e. The maximum absolute atomic E-state index is 13.3. The first-order chi connectivity index (χ1) is 9.99. The van der Waals surface area contributed by atoms with Gasteiger partial charge in [-0.2, -0.15) is 0 Å². The largest absolute Gasteiger partial charge is 0.207 e. The van der Waals surface area contributed by atoms with Gasteiger partial charge in [0.05, 0.1) is 0 Å². The molecule has 0 nitrogen and oxygen atoms in total. The third-order valence-electron chi connectivity index (χ3n) is 3.43. The molecule has 0 spiro atoms. The number of alkyl halides is 2. The Hall–Kier alpha value is -1.19. The summed E-state index contributed by atoms with van der Waals surface area (Å²) in [5, 5.41) is 0. The topological polar surface area (TPSA) is 0 Å². The molecule has 0 saturated carbocycles. The Labute approximate surface area is 131 Å². The van der Waals surface area contributed by atoms with Crippen molar-refractivity contribution in [1.29, 1.82) is 0 Å². The molecule has 112 valence electrons. The molecule has 0 N–H and O–H groups in total. The molecule has 0 heterocycles. The van der Waals surface area contributed by atoms with Crippen LogP contribution < -0.4 is 0 Å². The number of rotatable bonds is 5. The molecule has 0 unspecified atom stereocenters. The van der Waals surface area contributed by atoms with Gasteiger partial charge in [-0.1, -0.05) is 12.1 Å². The molecule has 21 heavy (non-hydrogen) atoms. The number of hydrogen-bond acceptors (Lipinski definition) is 0. The van der Waals surface area contributed by atoms with E-state index in [1.54, 1.807) is 12.1 Å².